The van der Waals surface area contributed by atoms with Crippen LogP contribution in [0.15, 0.2) is 24.3 Å². The lowest BCUT2D eigenvalue weighted by molar-refractivity contribution is -0.118. The molecule has 0 bridgehead atoms. The molecule has 0 spiro atoms. The first-order valence-corrected chi connectivity index (χ1v) is 5.90. The zero-order valence-electron chi connectivity index (χ0n) is 9.52. The number of hydrogen-bond acceptors (Lipinski definition) is 5. The van der Waals surface area contributed by atoms with Gasteiger partial charge in [-0.15, -0.1) is 10.2 Å². The van der Waals surface area contributed by atoms with Crippen molar-refractivity contribution in [2.75, 3.05) is 5.43 Å². The van der Waals surface area contributed by atoms with Gasteiger partial charge < -0.3 is 0 Å². The van der Waals surface area contributed by atoms with Crippen LogP contribution in [0.4, 0.5) is 5.13 Å². The molecule has 17 heavy (non-hydrogen) atoms. The Morgan fingerprint density at radius 3 is 2.76 bits per heavy atom. The van der Waals surface area contributed by atoms with Crippen molar-refractivity contribution in [3.05, 3.63) is 29.8 Å². The molecule has 1 aromatic carbocycles. The molecule has 1 amide bonds. The topological polar surface area (TPSA) is 66.9 Å². The van der Waals surface area contributed by atoms with E-state index in [1.54, 1.807) is 0 Å². The highest BCUT2D eigenvalue weighted by Gasteiger charge is 2.08. The van der Waals surface area contributed by atoms with Gasteiger partial charge in [-0.25, -0.2) is 0 Å². The number of aromatic nitrogens is 2. The standard InChI is InChI=1S/C11H12N4OS/c1-7-5-3-4-6-9(7)10-13-15-11(17-10)14-12-8(2)16/h3-6H,1-2H3,(H,12,16)(H,14,15). The van der Waals surface area contributed by atoms with E-state index in [0.717, 1.165) is 16.1 Å². The zero-order chi connectivity index (χ0) is 12.3. The molecule has 6 heteroatoms. The number of benzene rings is 1. The number of anilines is 1. The van der Waals surface area contributed by atoms with E-state index in [1.165, 1.54) is 18.3 Å². The number of nitrogens with zero attached hydrogens (tertiary/aromatic N) is 2. The van der Waals surface area contributed by atoms with E-state index in [-0.39, 0.29) is 5.91 Å². The average molecular weight is 248 g/mol. The van der Waals surface area contributed by atoms with Gasteiger partial charge >= 0.3 is 0 Å². The zero-order valence-corrected chi connectivity index (χ0v) is 10.3. The molecular weight excluding hydrogens is 236 g/mol. The predicted octanol–water partition coefficient (Wildman–Crippen LogP) is 1.98. The van der Waals surface area contributed by atoms with Crippen LogP contribution in [0, 0.1) is 6.92 Å². The highest BCUT2D eigenvalue weighted by molar-refractivity contribution is 7.18. The van der Waals surface area contributed by atoms with E-state index in [2.05, 4.69) is 21.0 Å². The maximum Gasteiger partial charge on any atom is 0.235 e. The second-order valence-corrected chi connectivity index (χ2v) is 4.51. The summed E-state index contributed by atoms with van der Waals surface area (Å²) in [5.74, 6) is -0.169. The number of hydrazine groups is 1. The van der Waals surface area contributed by atoms with E-state index in [0.29, 0.717) is 5.13 Å². The Morgan fingerprint density at radius 2 is 2.06 bits per heavy atom. The summed E-state index contributed by atoms with van der Waals surface area (Å²) in [6, 6.07) is 7.97. The Hall–Kier alpha value is -1.95. The molecule has 0 saturated carbocycles. The number of nitrogens with one attached hydrogen (secondary N) is 2. The van der Waals surface area contributed by atoms with Gasteiger partial charge in [0.15, 0.2) is 0 Å². The van der Waals surface area contributed by atoms with E-state index >= 15 is 0 Å². The van der Waals surface area contributed by atoms with Crippen molar-refractivity contribution in [3.63, 3.8) is 0 Å². The first kappa shape index (κ1) is 11.5. The van der Waals surface area contributed by atoms with Crippen LogP contribution >= 0.6 is 11.3 Å². The van der Waals surface area contributed by atoms with Crippen LogP contribution in [0.25, 0.3) is 10.6 Å². The van der Waals surface area contributed by atoms with Crippen molar-refractivity contribution in [3.8, 4) is 10.6 Å². The van der Waals surface area contributed by atoms with Crippen LogP contribution in [-0.4, -0.2) is 16.1 Å². The Balaban J connectivity index is 2.18. The third-order valence-corrected chi connectivity index (χ3v) is 3.02. The fourth-order valence-electron chi connectivity index (χ4n) is 1.34. The second kappa shape index (κ2) is 4.92. The van der Waals surface area contributed by atoms with Crippen molar-refractivity contribution >= 4 is 22.4 Å². The highest BCUT2D eigenvalue weighted by Crippen LogP contribution is 2.28. The number of amides is 1. The fourth-order valence-corrected chi connectivity index (χ4v) is 2.12. The molecule has 0 radical (unpaired) electrons. The van der Waals surface area contributed by atoms with Gasteiger partial charge in [-0.3, -0.25) is 15.6 Å². The minimum absolute atomic E-state index is 0.169. The molecule has 0 saturated heterocycles. The summed E-state index contributed by atoms with van der Waals surface area (Å²) in [6.45, 7) is 3.45. The molecule has 2 aromatic rings. The summed E-state index contributed by atoms with van der Waals surface area (Å²) in [6.07, 6.45) is 0. The van der Waals surface area contributed by atoms with Gasteiger partial charge in [-0.05, 0) is 12.5 Å². The summed E-state index contributed by atoms with van der Waals surface area (Å²) in [7, 11) is 0. The summed E-state index contributed by atoms with van der Waals surface area (Å²) >= 11 is 1.39. The molecule has 5 nitrogen and oxygen atoms in total. The Kier molecular flexibility index (Phi) is 3.34. The van der Waals surface area contributed by atoms with E-state index in [9.17, 15) is 4.79 Å². The number of carbonyl (C=O) groups is 1. The van der Waals surface area contributed by atoms with E-state index in [4.69, 9.17) is 0 Å². The molecular formula is C11H12N4OS. The minimum atomic E-state index is -0.169. The third-order valence-electron chi connectivity index (χ3n) is 2.15. The quantitative estimate of drug-likeness (QED) is 0.815. The summed E-state index contributed by atoms with van der Waals surface area (Å²) < 4.78 is 0. The summed E-state index contributed by atoms with van der Waals surface area (Å²) in [4.78, 5) is 10.7. The Bertz CT molecular complexity index is 538. The number of hydrogen-bond donors (Lipinski definition) is 2. The summed E-state index contributed by atoms with van der Waals surface area (Å²) in [5.41, 5.74) is 7.36. The van der Waals surface area contributed by atoms with Crippen LogP contribution in [0.3, 0.4) is 0 Å². The van der Waals surface area contributed by atoms with Crippen LogP contribution in [0.2, 0.25) is 0 Å². The van der Waals surface area contributed by atoms with E-state index in [1.807, 2.05) is 31.2 Å². The molecule has 1 aromatic heterocycles. The van der Waals surface area contributed by atoms with Crippen molar-refractivity contribution < 1.29 is 4.79 Å². The maximum absolute atomic E-state index is 10.7. The predicted molar refractivity (Wildman–Crippen MR) is 67.5 cm³/mol. The molecule has 2 N–H and O–H groups in total. The summed E-state index contributed by atoms with van der Waals surface area (Å²) in [5, 5.41) is 9.43. The van der Waals surface area contributed by atoms with Crippen molar-refractivity contribution in [1.29, 1.82) is 0 Å². The molecule has 1 heterocycles. The molecule has 0 aliphatic carbocycles. The monoisotopic (exact) mass is 248 g/mol. The first-order valence-electron chi connectivity index (χ1n) is 5.09. The lowest BCUT2D eigenvalue weighted by Gasteiger charge is -2.00. The smallest absolute Gasteiger partial charge is 0.235 e. The fraction of sp³-hybridized carbons (Fsp3) is 0.182. The number of rotatable bonds is 3. The molecule has 2 rings (SSSR count). The largest absolute Gasteiger partial charge is 0.274 e. The normalized spacial score (nSPS) is 10.0. The van der Waals surface area contributed by atoms with Crippen LogP contribution in [0.1, 0.15) is 12.5 Å². The Morgan fingerprint density at radius 1 is 1.29 bits per heavy atom. The molecule has 0 aliphatic heterocycles. The highest BCUT2D eigenvalue weighted by atomic mass is 32.1. The third kappa shape index (κ3) is 2.79. The minimum Gasteiger partial charge on any atom is -0.274 e. The van der Waals surface area contributed by atoms with Gasteiger partial charge in [0.2, 0.25) is 11.0 Å². The number of carbonyl (C=O) groups excluding carboxylic acids is 1. The van der Waals surface area contributed by atoms with E-state index < -0.39 is 0 Å². The van der Waals surface area contributed by atoms with Gasteiger partial charge in [-0.2, -0.15) is 0 Å². The van der Waals surface area contributed by atoms with Crippen LogP contribution in [0.5, 0.6) is 0 Å². The first-order chi connectivity index (χ1) is 8.16. The van der Waals surface area contributed by atoms with Gasteiger partial charge in [0.25, 0.3) is 0 Å². The lowest BCUT2D eigenvalue weighted by Crippen LogP contribution is -2.26. The van der Waals surface area contributed by atoms with Crippen LogP contribution < -0.4 is 10.9 Å². The van der Waals surface area contributed by atoms with Crippen molar-refractivity contribution in [2.24, 2.45) is 0 Å². The molecule has 0 unspecified atom stereocenters. The Labute approximate surface area is 103 Å². The molecule has 0 atom stereocenters. The van der Waals surface area contributed by atoms with Gasteiger partial charge in [0, 0.05) is 12.5 Å². The maximum atomic E-state index is 10.7. The average Bonchev–Trinajstić information content (AvgIpc) is 2.75. The SMILES string of the molecule is CC(=O)NNc1nnc(-c2ccccc2C)s1. The van der Waals surface area contributed by atoms with Gasteiger partial charge in [0.05, 0.1) is 0 Å². The second-order valence-electron chi connectivity index (χ2n) is 3.53. The number of aryl methyl sites for hydroxylation is 1. The lowest BCUT2D eigenvalue weighted by atomic mass is 10.1. The van der Waals surface area contributed by atoms with Crippen molar-refractivity contribution in [1.82, 2.24) is 15.6 Å². The molecule has 88 valence electrons. The van der Waals surface area contributed by atoms with Gasteiger partial charge in [-0.1, -0.05) is 35.6 Å². The molecule has 0 fully saturated rings. The molecule has 0 aliphatic rings. The van der Waals surface area contributed by atoms with Gasteiger partial charge in [0.1, 0.15) is 5.01 Å². The van der Waals surface area contributed by atoms with Crippen LogP contribution in [-0.2, 0) is 4.79 Å². The van der Waals surface area contributed by atoms with Crippen molar-refractivity contribution in [2.45, 2.75) is 13.8 Å².